The van der Waals surface area contributed by atoms with Crippen LogP contribution in [0.3, 0.4) is 0 Å². The lowest BCUT2D eigenvalue weighted by atomic mass is 9.99. The van der Waals surface area contributed by atoms with E-state index >= 15 is 0 Å². The Hall–Kier alpha value is -2.10. The first-order valence-electron chi connectivity index (χ1n) is 7.19. The minimum absolute atomic E-state index is 0. The highest BCUT2D eigenvalue weighted by atomic mass is 16.1. The smallest absolute Gasteiger partial charge is 0.262 e. The molecule has 2 heterocycles. The van der Waals surface area contributed by atoms with E-state index in [1.165, 1.54) is 0 Å². The van der Waals surface area contributed by atoms with Gasteiger partial charge in [-0.25, -0.2) is 9.38 Å². The van der Waals surface area contributed by atoms with E-state index in [-0.39, 0.29) is 6.99 Å². The van der Waals surface area contributed by atoms with E-state index in [4.69, 9.17) is 0 Å². The Labute approximate surface area is 119 Å². The highest BCUT2D eigenvalue weighted by molar-refractivity contribution is 5.79. The number of aromatic amines is 1. The Morgan fingerprint density at radius 1 is 1.35 bits per heavy atom. The maximum absolute atomic E-state index is 12.8. The molecular weight excluding hydrogens is 250 g/mol. The summed E-state index contributed by atoms with van der Waals surface area (Å²) in [6, 6.07) is 7.75. The molecule has 0 unspecified atom stereocenters. The van der Waals surface area contributed by atoms with E-state index in [1.54, 1.807) is 4.40 Å². The van der Waals surface area contributed by atoms with Gasteiger partial charge in [-0.15, -0.1) is 0 Å². The number of hydrogen-bond acceptors (Lipinski definition) is 2. The van der Waals surface area contributed by atoms with Gasteiger partial charge in [0.2, 0.25) is 5.78 Å². The van der Waals surface area contributed by atoms with Gasteiger partial charge in [0.15, 0.2) is 0 Å². The summed E-state index contributed by atoms with van der Waals surface area (Å²) >= 11 is 0. The molecule has 106 valence electrons. The molecule has 0 saturated carbocycles. The van der Waals surface area contributed by atoms with Crippen molar-refractivity contribution >= 4 is 16.8 Å². The van der Waals surface area contributed by atoms with Gasteiger partial charge in [-0.05, 0) is 30.9 Å². The molecule has 1 atom stereocenters. The van der Waals surface area contributed by atoms with Crippen LogP contribution in [0.5, 0.6) is 0 Å². The number of H-pyrrole nitrogens is 1. The molecule has 3 aromatic rings. The predicted octanol–water partition coefficient (Wildman–Crippen LogP) is 3.50. The average molecular weight is 271 g/mol. The first-order valence-corrected chi connectivity index (χ1v) is 7.19. The van der Waals surface area contributed by atoms with Crippen molar-refractivity contribution in [3.8, 4) is 0 Å². The monoisotopic (exact) mass is 271 g/mol. The Bertz CT molecular complexity index is 835. The van der Waals surface area contributed by atoms with E-state index in [1.807, 2.05) is 31.2 Å². The summed E-state index contributed by atoms with van der Waals surface area (Å²) in [5.41, 5.74) is 3.68. The number of aromatic nitrogens is 3. The lowest BCUT2D eigenvalue weighted by molar-refractivity contribution is 0.690. The van der Waals surface area contributed by atoms with Crippen molar-refractivity contribution in [2.45, 2.75) is 39.5 Å². The number of rotatable bonds is 3. The third-order valence-corrected chi connectivity index (χ3v) is 4.05. The van der Waals surface area contributed by atoms with Crippen molar-refractivity contribution in [1.29, 1.82) is 0 Å². The van der Waals surface area contributed by atoms with E-state index in [2.05, 4.69) is 23.8 Å². The molecule has 0 fully saturated rings. The Morgan fingerprint density at radius 2 is 2.10 bits per heavy atom. The predicted molar refractivity (Wildman–Crippen MR) is 83.5 cm³/mol. The molecule has 4 heteroatoms. The van der Waals surface area contributed by atoms with Crippen molar-refractivity contribution < 1.29 is 1.43 Å². The number of imidazole rings is 1. The second-order valence-corrected chi connectivity index (χ2v) is 5.24. The van der Waals surface area contributed by atoms with Gasteiger partial charge in [0.1, 0.15) is 0 Å². The standard InChI is InChI=1S/C16H19N3O.H2/c1-4-10(3)14-11(5-2)15(20)19-13-9-7-6-8-12(13)17-16(19)18-14;/h6-10H,4-5H2,1-3H3,(H,17,18);1H/t10-;/m1./s1. The van der Waals surface area contributed by atoms with Gasteiger partial charge in [-0.3, -0.25) is 4.79 Å². The zero-order valence-electron chi connectivity index (χ0n) is 12.1. The highest BCUT2D eigenvalue weighted by Crippen LogP contribution is 2.21. The molecule has 0 saturated heterocycles. The Morgan fingerprint density at radius 3 is 2.80 bits per heavy atom. The zero-order chi connectivity index (χ0) is 14.3. The molecule has 0 aliphatic carbocycles. The molecule has 20 heavy (non-hydrogen) atoms. The van der Waals surface area contributed by atoms with E-state index < -0.39 is 0 Å². The van der Waals surface area contributed by atoms with Crippen molar-refractivity contribution in [3.05, 3.63) is 45.9 Å². The van der Waals surface area contributed by atoms with Crippen molar-refractivity contribution in [1.82, 2.24) is 14.4 Å². The molecule has 0 amide bonds. The largest absolute Gasteiger partial charge is 0.328 e. The summed E-state index contributed by atoms with van der Waals surface area (Å²) in [5.74, 6) is 0.978. The van der Waals surface area contributed by atoms with E-state index in [9.17, 15) is 4.79 Å². The van der Waals surface area contributed by atoms with Crippen LogP contribution in [-0.4, -0.2) is 14.4 Å². The van der Waals surface area contributed by atoms with Gasteiger partial charge >= 0.3 is 0 Å². The fourth-order valence-electron chi connectivity index (χ4n) is 2.73. The summed E-state index contributed by atoms with van der Waals surface area (Å²) in [7, 11) is 0. The lowest BCUT2D eigenvalue weighted by Crippen LogP contribution is -2.22. The first-order chi connectivity index (χ1) is 9.67. The number of fused-ring (bicyclic) bond motifs is 3. The summed E-state index contributed by atoms with van der Waals surface area (Å²) in [6.45, 7) is 6.31. The molecule has 1 N–H and O–H groups in total. The van der Waals surface area contributed by atoms with Crippen LogP contribution in [0.25, 0.3) is 16.8 Å². The van der Waals surface area contributed by atoms with Gasteiger partial charge in [0, 0.05) is 12.7 Å². The topological polar surface area (TPSA) is 50.2 Å². The van der Waals surface area contributed by atoms with Crippen molar-refractivity contribution in [3.63, 3.8) is 0 Å². The number of hydrogen-bond donors (Lipinski definition) is 1. The van der Waals surface area contributed by atoms with Crippen LogP contribution in [0.2, 0.25) is 0 Å². The summed E-state index contributed by atoms with van der Waals surface area (Å²) in [5, 5.41) is 0. The molecule has 0 bridgehead atoms. The Kier molecular flexibility index (Phi) is 3.08. The van der Waals surface area contributed by atoms with Crippen LogP contribution in [0.15, 0.2) is 29.1 Å². The van der Waals surface area contributed by atoms with Crippen molar-refractivity contribution in [2.75, 3.05) is 0 Å². The van der Waals surface area contributed by atoms with Crippen LogP contribution in [0, 0.1) is 0 Å². The molecular formula is C16H21N3O. The highest BCUT2D eigenvalue weighted by Gasteiger charge is 2.17. The molecule has 3 rings (SSSR count). The minimum atomic E-state index is 0. The maximum atomic E-state index is 12.8. The summed E-state index contributed by atoms with van der Waals surface area (Å²) in [4.78, 5) is 20.7. The van der Waals surface area contributed by atoms with Crippen LogP contribution in [0.1, 0.15) is 45.8 Å². The molecule has 2 aromatic heterocycles. The Balaban J connectivity index is 0.00000161. The number of nitrogens with zero attached hydrogens (tertiary/aromatic N) is 2. The van der Waals surface area contributed by atoms with Gasteiger partial charge in [0.05, 0.1) is 11.0 Å². The summed E-state index contributed by atoms with van der Waals surface area (Å²) in [6.07, 6.45) is 1.73. The normalized spacial score (nSPS) is 13.2. The second-order valence-electron chi connectivity index (χ2n) is 5.24. The van der Waals surface area contributed by atoms with Gasteiger partial charge in [-0.2, -0.15) is 0 Å². The van der Waals surface area contributed by atoms with E-state index in [0.717, 1.165) is 35.1 Å². The van der Waals surface area contributed by atoms with Gasteiger partial charge < -0.3 is 4.98 Å². The number of nitrogens with one attached hydrogen (secondary N) is 1. The van der Waals surface area contributed by atoms with Crippen LogP contribution in [0.4, 0.5) is 0 Å². The minimum Gasteiger partial charge on any atom is -0.328 e. The molecule has 0 spiro atoms. The number of benzene rings is 1. The van der Waals surface area contributed by atoms with Gasteiger partial charge in [-0.1, -0.05) is 32.9 Å². The lowest BCUT2D eigenvalue weighted by Gasteiger charge is -2.14. The molecule has 1 aromatic carbocycles. The second kappa shape index (κ2) is 4.78. The zero-order valence-corrected chi connectivity index (χ0v) is 12.1. The maximum Gasteiger partial charge on any atom is 0.262 e. The summed E-state index contributed by atoms with van der Waals surface area (Å²) < 4.78 is 1.69. The number of para-hydroxylation sites is 2. The van der Waals surface area contributed by atoms with E-state index in [0.29, 0.717) is 11.7 Å². The third-order valence-electron chi connectivity index (χ3n) is 4.05. The third kappa shape index (κ3) is 1.75. The van der Waals surface area contributed by atoms with Crippen LogP contribution >= 0.6 is 0 Å². The fourth-order valence-corrected chi connectivity index (χ4v) is 2.73. The van der Waals surface area contributed by atoms with Crippen molar-refractivity contribution in [2.24, 2.45) is 0 Å². The SMILES string of the molecule is CCc1c([C@H](C)CC)[nH]c2nc3ccccc3n2c1=O.[HH]. The molecule has 0 aliphatic rings. The molecule has 4 nitrogen and oxygen atoms in total. The molecule has 0 radical (unpaired) electrons. The first kappa shape index (κ1) is 12.9. The average Bonchev–Trinajstić information content (AvgIpc) is 2.84. The quantitative estimate of drug-likeness (QED) is 0.792. The fraction of sp³-hybridized carbons (Fsp3) is 0.375. The molecule has 0 aliphatic heterocycles. The van der Waals surface area contributed by atoms with Gasteiger partial charge in [0.25, 0.3) is 5.56 Å². The van der Waals surface area contributed by atoms with Crippen LogP contribution in [-0.2, 0) is 6.42 Å². The van der Waals surface area contributed by atoms with Crippen LogP contribution < -0.4 is 5.56 Å².